The lowest BCUT2D eigenvalue weighted by molar-refractivity contribution is -0.118. The van der Waals surface area contributed by atoms with Crippen molar-refractivity contribution in [1.29, 1.82) is 0 Å². The maximum Gasteiger partial charge on any atom is 0.230 e. The second-order valence-corrected chi connectivity index (χ2v) is 7.45. The molecule has 0 spiro atoms. The molecule has 2 heterocycles. The lowest BCUT2D eigenvalue weighted by atomic mass is 10.2. The lowest BCUT2D eigenvalue weighted by Gasteiger charge is -2.15. The van der Waals surface area contributed by atoms with Crippen molar-refractivity contribution < 1.29 is 4.79 Å². The quantitative estimate of drug-likeness (QED) is 0.688. The Balaban J connectivity index is 1.55. The molecule has 1 amide bonds. The van der Waals surface area contributed by atoms with Gasteiger partial charge in [0, 0.05) is 41.3 Å². The summed E-state index contributed by atoms with van der Waals surface area (Å²) in [7, 11) is 2.03. The zero-order chi connectivity index (χ0) is 18.0. The number of nitrogens with one attached hydrogen (secondary N) is 1. The van der Waals surface area contributed by atoms with Crippen molar-refractivity contribution in [3.8, 4) is 0 Å². The highest BCUT2D eigenvalue weighted by atomic mass is 32.2. The van der Waals surface area contributed by atoms with E-state index in [1.54, 1.807) is 11.8 Å². The molecule has 0 radical (unpaired) electrons. The number of para-hydroxylation sites is 1. The van der Waals surface area contributed by atoms with Gasteiger partial charge in [0.05, 0.1) is 17.5 Å². The number of rotatable bonds is 6. The van der Waals surface area contributed by atoms with E-state index in [0.717, 1.165) is 16.3 Å². The molecule has 6 heteroatoms. The van der Waals surface area contributed by atoms with E-state index in [1.807, 2.05) is 37.7 Å². The Kier molecular flexibility index (Phi) is 5.18. The topological polar surface area (TPSA) is 51.9 Å². The fraction of sp³-hybridized carbons (Fsp3) is 0.368. The normalized spacial score (nSPS) is 12.5. The van der Waals surface area contributed by atoms with Crippen LogP contribution in [0.1, 0.15) is 24.4 Å². The molecule has 2 aromatic heterocycles. The van der Waals surface area contributed by atoms with E-state index in [2.05, 4.69) is 46.3 Å². The summed E-state index contributed by atoms with van der Waals surface area (Å²) < 4.78 is 4.06. The van der Waals surface area contributed by atoms with Gasteiger partial charge < -0.3 is 9.88 Å². The van der Waals surface area contributed by atoms with Crippen molar-refractivity contribution >= 4 is 28.6 Å². The molecule has 0 saturated heterocycles. The summed E-state index contributed by atoms with van der Waals surface area (Å²) in [6.45, 7) is 6.67. The van der Waals surface area contributed by atoms with E-state index in [-0.39, 0.29) is 11.9 Å². The third-order valence-electron chi connectivity index (χ3n) is 4.28. The molecule has 1 aromatic carbocycles. The van der Waals surface area contributed by atoms with Crippen molar-refractivity contribution in [2.75, 3.05) is 12.3 Å². The number of amides is 1. The van der Waals surface area contributed by atoms with Crippen LogP contribution in [0.15, 0.2) is 41.4 Å². The van der Waals surface area contributed by atoms with E-state index in [4.69, 9.17) is 0 Å². The molecule has 0 saturated carbocycles. The van der Waals surface area contributed by atoms with Crippen molar-refractivity contribution in [2.45, 2.75) is 31.7 Å². The van der Waals surface area contributed by atoms with Crippen LogP contribution in [0.4, 0.5) is 0 Å². The Morgan fingerprint density at radius 3 is 2.80 bits per heavy atom. The molecule has 3 aromatic rings. The van der Waals surface area contributed by atoms with Crippen LogP contribution in [0.25, 0.3) is 10.9 Å². The Hall–Kier alpha value is -2.21. The van der Waals surface area contributed by atoms with Gasteiger partial charge >= 0.3 is 0 Å². The van der Waals surface area contributed by atoms with E-state index < -0.39 is 0 Å². The highest BCUT2D eigenvalue weighted by Gasteiger charge is 2.12. The third-order valence-corrected chi connectivity index (χ3v) is 5.32. The SMILES string of the molecule is Cc1cc(C)n([C@H](C)CNC(=O)CSc2cn(C)c3ccccc23)n1. The van der Waals surface area contributed by atoms with Crippen molar-refractivity contribution in [3.63, 3.8) is 0 Å². The third kappa shape index (κ3) is 3.90. The number of aryl methyl sites for hydroxylation is 3. The van der Waals surface area contributed by atoms with E-state index >= 15 is 0 Å². The average Bonchev–Trinajstić information content (AvgIpc) is 3.10. The molecule has 1 N–H and O–H groups in total. The van der Waals surface area contributed by atoms with E-state index in [9.17, 15) is 4.79 Å². The maximum absolute atomic E-state index is 12.2. The molecule has 0 aliphatic carbocycles. The number of hydrogen-bond donors (Lipinski definition) is 1. The van der Waals surface area contributed by atoms with Crippen LogP contribution in [-0.4, -0.2) is 32.6 Å². The molecule has 0 bridgehead atoms. The second-order valence-electron chi connectivity index (χ2n) is 6.43. The van der Waals surface area contributed by atoms with Gasteiger partial charge in [0.1, 0.15) is 0 Å². The minimum absolute atomic E-state index is 0.0475. The van der Waals surface area contributed by atoms with E-state index in [1.165, 1.54) is 10.9 Å². The van der Waals surface area contributed by atoms with Crippen molar-refractivity contribution in [2.24, 2.45) is 7.05 Å². The molecule has 132 valence electrons. The Morgan fingerprint density at radius 2 is 2.08 bits per heavy atom. The Labute approximate surface area is 152 Å². The van der Waals surface area contributed by atoms with Gasteiger partial charge in [-0.05, 0) is 32.9 Å². The molecule has 0 fully saturated rings. The highest BCUT2D eigenvalue weighted by molar-refractivity contribution is 8.00. The smallest absolute Gasteiger partial charge is 0.230 e. The number of hydrogen-bond acceptors (Lipinski definition) is 3. The monoisotopic (exact) mass is 356 g/mol. The van der Waals surface area contributed by atoms with Crippen LogP contribution in [0.2, 0.25) is 0 Å². The summed E-state index contributed by atoms with van der Waals surface area (Å²) in [6.07, 6.45) is 2.08. The van der Waals surface area contributed by atoms with Gasteiger partial charge in [0.2, 0.25) is 5.91 Å². The molecular weight excluding hydrogens is 332 g/mol. The largest absolute Gasteiger partial charge is 0.353 e. The first-order valence-electron chi connectivity index (χ1n) is 8.42. The minimum Gasteiger partial charge on any atom is -0.353 e. The molecule has 5 nitrogen and oxygen atoms in total. The molecular formula is C19H24N4OS. The molecule has 1 atom stereocenters. The predicted molar refractivity (Wildman–Crippen MR) is 103 cm³/mol. The number of fused-ring (bicyclic) bond motifs is 1. The summed E-state index contributed by atoms with van der Waals surface area (Å²) >= 11 is 1.58. The van der Waals surface area contributed by atoms with Crippen molar-refractivity contribution in [1.82, 2.24) is 19.7 Å². The van der Waals surface area contributed by atoms with Gasteiger partial charge in [-0.1, -0.05) is 18.2 Å². The van der Waals surface area contributed by atoms with Gasteiger partial charge in [-0.25, -0.2) is 0 Å². The summed E-state index contributed by atoms with van der Waals surface area (Å²) in [5, 5.41) is 8.68. The summed E-state index contributed by atoms with van der Waals surface area (Å²) in [6, 6.07) is 10.4. The second kappa shape index (κ2) is 7.35. The first-order valence-corrected chi connectivity index (χ1v) is 9.40. The molecule has 0 unspecified atom stereocenters. The molecule has 0 aliphatic rings. The number of carbonyl (C=O) groups is 1. The van der Waals surface area contributed by atoms with Crippen LogP contribution >= 0.6 is 11.8 Å². The zero-order valence-electron chi connectivity index (χ0n) is 15.1. The van der Waals surface area contributed by atoms with Crippen molar-refractivity contribution in [3.05, 3.63) is 47.9 Å². The zero-order valence-corrected chi connectivity index (χ0v) is 15.9. The fourth-order valence-corrected chi connectivity index (χ4v) is 4.00. The van der Waals surface area contributed by atoms with Gasteiger partial charge in [-0.3, -0.25) is 9.48 Å². The Morgan fingerprint density at radius 1 is 1.32 bits per heavy atom. The van der Waals surface area contributed by atoms with Gasteiger partial charge in [-0.15, -0.1) is 11.8 Å². The first kappa shape index (κ1) is 17.6. The number of benzene rings is 1. The Bertz CT molecular complexity index is 896. The van der Waals surface area contributed by atoms with Crippen LogP contribution in [-0.2, 0) is 11.8 Å². The van der Waals surface area contributed by atoms with Crippen LogP contribution < -0.4 is 5.32 Å². The number of thioether (sulfide) groups is 1. The summed E-state index contributed by atoms with van der Waals surface area (Å²) in [5.41, 5.74) is 3.30. The fourth-order valence-electron chi connectivity index (χ4n) is 3.05. The average molecular weight is 356 g/mol. The summed E-state index contributed by atoms with van der Waals surface area (Å²) in [5.74, 6) is 0.462. The number of carbonyl (C=O) groups excluding carboxylic acids is 1. The van der Waals surface area contributed by atoms with E-state index in [0.29, 0.717) is 12.3 Å². The standard InChI is InChI=1S/C19H24N4OS/c1-13-9-14(2)23(21-13)15(3)10-20-19(24)12-25-18-11-22(4)17-8-6-5-7-16(17)18/h5-9,11,15H,10,12H2,1-4H3,(H,20,24)/t15-/m1/s1. The van der Waals surface area contributed by atoms with Crippen LogP contribution in [0.5, 0.6) is 0 Å². The van der Waals surface area contributed by atoms with Gasteiger partial charge in [0.25, 0.3) is 0 Å². The number of nitrogens with zero attached hydrogens (tertiary/aromatic N) is 3. The van der Waals surface area contributed by atoms with Gasteiger partial charge in [-0.2, -0.15) is 5.10 Å². The van der Waals surface area contributed by atoms with Crippen LogP contribution in [0, 0.1) is 13.8 Å². The predicted octanol–water partition coefficient (Wildman–Crippen LogP) is 3.46. The highest BCUT2D eigenvalue weighted by Crippen LogP contribution is 2.29. The number of aromatic nitrogens is 3. The first-order chi connectivity index (χ1) is 12.0. The van der Waals surface area contributed by atoms with Crippen LogP contribution in [0.3, 0.4) is 0 Å². The minimum atomic E-state index is 0.0475. The maximum atomic E-state index is 12.2. The summed E-state index contributed by atoms with van der Waals surface area (Å²) in [4.78, 5) is 13.4. The molecule has 3 rings (SSSR count). The molecule has 0 aliphatic heterocycles. The lowest BCUT2D eigenvalue weighted by Crippen LogP contribution is -2.31. The molecule has 25 heavy (non-hydrogen) atoms. The van der Waals surface area contributed by atoms with Gasteiger partial charge in [0.15, 0.2) is 0 Å².